The summed E-state index contributed by atoms with van der Waals surface area (Å²) in [5.74, 6) is 1.57. The monoisotopic (exact) mass is 500 g/mol. The summed E-state index contributed by atoms with van der Waals surface area (Å²) >= 11 is 6.12. The van der Waals surface area contributed by atoms with Crippen LogP contribution in [0.5, 0.6) is 5.75 Å². The summed E-state index contributed by atoms with van der Waals surface area (Å²) in [6, 6.07) is 7.08. The predicted octanol–water partition coefficient (Wildman–Crippen LogP) is 3.88. The third-order valence-electron chi connectivity index (χ3n) is 7.14. The highest BCUT2D eigenvalue weighted by Gasteiger charge is 2.49. The number of nitrogens with zero attached hydrogens (tertiary/aromatic N) is 8. The Kier molecular flexibility index (Phi) is 6.78. The zero-order valence-corrected chi connectivity index (χ0v) is 21.3. The number of rotatable bonds is 7. The van der Waals surface area contributed by atoms with E-state index in [1.807, 2.05) is 28.9 Å². The van der Waals surface area contributed by atoms with E-state index >= 15 is 0 Å². The van der Waals surface area contributed by atoms with E-state index in [4.69, 9.17) is 21.1 Å². The molecule has 0 spiro atoms. The van der Waals surface area contributed by atoms with Crippen LogP contribution in [0.3, 0.4) is 0 Å². The molecule has 2 aliphatic rings. The van der Waals surface area contributed by atoms with E-state index in [9.17, 15) is 0 Å². The molecule has 1 aliphatic carbocycles. The highest BCUT2D eigenvalue weighted by molar-refractivity contribution is 6.30. The normalized spacial score (nSPS) is 20.6. The molecule has 35 heavy (non-hydrogen) atoms. The molecule has 2 atom stereocenters. The Hall–Kier alpha value is -2.56. The van der Waals surface area contributed by atoms with E-state index in [1.54, 1.807) is 11.0 Å². The maximum absolute atomic E-state index is 6.57. The molecular formula is C24H33ClN8O2. The maximum Gasteiger partial charge on any atom is 0.215 e. The van der Waals surface area contributed by atoms with E-state index in [2.05, 4.69) is 51.3 Å². The first-order chi connectivity index (χ1) is 16.9. The molecule has 0 amide bonds. The van der Waals surface area contributed by atoms with E-state index in [0.717, 1.165) is 57.8 Å². The van der Waals surface area contributed by atoms with Gasteiger partial charge in [0.2, 0.25) is 6.23 Å². The van der Waals surface area contributed by atoms with Gasteiger partial charge < -0.3 is 9.47 Å². The van der Waals surface area contributed by atoms with Gasteiger partial charge in [-0.1, -0.05) is 45.2 Å². The lowest BCUT2D eigenvalue weighted by atomic mass is 9.84. The van der Waals surface area contributed by atoms with Gasteiger partial charge in [-0.15, -0.1) is 5.10 Å². The number of benzene rings is 1. The van der Waals surface area contributed by atoms with Gasteiger partial charge in [0, 0.05) is 18.1 Å². The van der Waals surface area contributed by atoms with Gasteiger partial charge in [0.15, 0.2) is 5.82 Å². The van der Waals surface area contributed by atoms with E-state index in [-0.39, 0.29) is 17.0 Å². The number of tetrazole rings is 1. The minimum Gasteiger partial charge on any atom is -0.466 e. The summed E-state index contributed by atoms with van der Waals surface area (Å²) in [4.78, 5) is 6.72. The molecule has 3 heterocycles. The largest absolute Gasteiger partial charge is 0.466 e. The summed E-state index contributed by atoms with van der Waals surface area (Å²) in [7, 11) is 0. The van der Waals surface area contributed by atoms with Gasteiger partial charge in [-0.3, -0.25) is 4.90 Å². The average molecular weight is 501 g/mol. The van der Waals surface area contributed by atoms with Gasteiger partial charge in [-0.25, -0.2) is 14.3 Å². The fraction of sp³-hybridized carbons (Fsp3) is 0.625. The van der Waals surface area contributed by atoms with Crippen molar-refractivity contribution in [1.29, 1.82) is 0 Å². The van der Waals surface area contributed by atoms with Crippen LogP contribution in [0.1, 0.15) is 64.5 Å². The number of halogens is 1. The number of hydrogen-bond acceptors (Lipinski definition) is 8. The highest BCUT2D eigenvalue weighted by Crippen LogP contribution is 2.47. The Labute approximate surface area is 210 Å². The molecule has 0 bridgehead atoms. The van der Waals surface area contributed by atoms with Crippen molar-refractivity contribution in [2.24, 2.45) is 5.41 Å². The Bertz CT molecular complexity index is 1080. The number of morpholine rings is 1. The van der Waals surface area contributed by atoms with Crippen molar-refractivity contribution in [1.82, 2.24) is 39.9 Å². The molecule has 10 nitrogen and oxygen atoms in total. The van der Waals surface area contributed by atoms with Crippen molar-refractivity contribution in [3.05, 3.63) is 47.8 Å². The number of ether oxygens (including phenoxy) is 2. The molecule has 188 valence electrons. The van der Waals surface area contributed by atoms with Gasteiger partial charge in [-0.05, 0) is 52.9 Å². The maximum atomic E-state index is 6.57. The van der Waals surface area contributed by atoms with Gasteiger partial charge in [-0.2, -0.15) is 5.10 Å². The molecule has 2 aromatic heterocycles. The van der Waals surface area contributed by atoms with Crippen molar-refractivity contribution < 1.29 is 9.47 Å². The lowest BCUT2D eigenvalue weighted by molar-refractivity contribution is -0.0381. The quantitative estimate of drug-likeness (QED) is 0.482. The van der Waals surface area contributed by atoms with Crippen molar-refractivity contribution in [2.45, 2.75) is 64.3 Å². The molecule has 1 saturated carbocycles. The van der Waals surface area contributed by atoms with Gasteiger partial charge in [0.1, 0.15) is 24.4 Å². The summed E-state index contributed by atoms with van der Waals surface area (Å²) in [5.41, 5.74) is -0.498. The van der Waals surface area contributed by atoms with Crippen LogP contribution in [0.2, 0.25) is 5.02 Å². The summed E-state index contributed by atoms with van der Waals surface area (Å²) in [5, 5.41) is 18.6. The first-order valence-corrected chi connectivity index (χ1v) is 12.6. The molecule has 1 aliphatic heterocycles. The van der Waals surface area contributed by atoms with Gasteiger partial charge >= 0.3 is 0 Å². The standard InChI is InChI=1S/C24H33ClN8O2/c1-23(2,3)20(21(32-17-26-16-27-32)35-19-8-6-18(25)7-9-19)33-22(28-29-30-33)24(10-4-5-11-24)31-12-14-34-15-13-31/h6-9,16-17,20-21H,4-5,10-15H2,1-3H3/t20-,21-/m1/s1. The molecular weight excluding hydrogens is 468 g/mol. The second-order valence-electron chi connectivity index (χ2n) is 10.4. The van der Waals surface area contributed by atoms with Crippen LogP contribution in [0.15, 0.2) is 36.9 Å². The van der Waals surface area contributed by atoms with Crippen LogP contribution < -0.4 is 4.74 Å². The highest BCUT2D eigenvalue weighted by atomic mass is 35.5. The first-order valence-electron chi connectivity index (χ1n) is 12.3. The van der Waals surface area contributed by atoms with Crippen molar-refractivity contribution in [3.63, 3.8) is 0 Å². The van der Waals surface area contributed by atoms with Crippen LogP contribution in [0.25, 0.3) is 0 Å². The van der Waals surface area contributed by atoms with Crippen LogP contribution >= 0.6 is 11.6 Å². The molecule has 5 rings (SSSR count). The van der Waals surface area contributed by atoms with Crippen LogP contribution in [-0.2, 0) is 10.3 Å². The Balaban J connectivity index is 1.59. The van der Waals surface area contributed by atoms with Crippen LogP contribution in [0.4, 0.5) is 0 Å². The summed E-state index contributed by atoms with van der Waals surface area (Å²) in [6.45, 7) is 9.74. The SMILES string of the molecule is CC(C)(C)[C@@H]([C@@H](Oc1ccc(Cl)cc1)n1cncn1)n1nnnc1C1(N2CCOCC2)CCCC1. The summed E-state index contributed by atoms with van der Waals surface area (Å²) < 4.78 is 16.0. The molecule has 0 unspecified atom stereocenters. The Morgan fingerprint density at radius 2 is 1.80 bits per heavy atom. The van der Waals surface area contributed by atoms with Crippen molar-refractivity contribution in [2.75, 3.05) is 26.3 Å². The number of hydrogen-bond donors (Lipinski definition) is 0. The zero-order valence-electron chi connectivity index (χ0n) is 20.5. The van der Waals surface area contributed by atoms with Gasteiger partial charge in [0.05, 0.1) is 18.8 Å². The minimum atomic E-state index is -0.538. The van der Waals surface area contributed by atoms with Crippen molar-refractivity contribution in [3.8, 4) is 5.75 Å². The minimum absolute atomic E-state index is 0.218. The molecule has 3 aromatic rings. The average Bonchev–Trinajstić information content (AvgIpc) is 3.62. The molecule has 0 radical (unpaired) electrons. The summed E-state index contributed by atoms with van der Waals surface area (Å²) in [6.07, 6.45) is 7.01. The van der Waals surface area contributed by atoms with Gasteiger partial charge in [0.25, 0.3) is 0 Å². The third kappa shape index (κ3) is 4.79. The van der Waals surface area contributed by atoms with E-state index in [0.29, 0.717) is 10.8 Å². The fourth-order valence-corrected chi connectivity index (χ4v) is 5.63. The third-order valence-corrected chi connectivity index (χ3v) is 7.40. The molecule has 11 heteroatoms. The fourth-order valence-electron chi connectivity index (χ4n) is 5.50. The second kappa shape index (κ2) is 9.83. The predicted molar refractivity (Wildman–Crippen MR) is 130 cm³/mol. The molecule has 0 N–H and O–H groups in total. The second-order valence-corrected chi connectivity index (χ2v) is 10.9. The smallest absolute Gasteiger partial charge is 0.215 e. The Morgan fingerprint density at radius 1 is 1.09 bits per heavy atom. The molecule has 2 fully saturated rings. The number of aromatic nitrogens is 7. The Morgan fingerprint density at radius 3 is 2.43 bits per heavy atom. The lowest BCUT2D eigenvalue weighted by Gasteiger charge is -2.44. The van der Waals surface area contributed by atoms with Crippen LogP contribution in [0, 0.1) is 5.41 Å². The van der Waals surface area contributed by atoms with E-state index in [1.165, 1.54) is 6.33 Å². The van der Waals surface area contributed by atoms with Crippen LogP contribution in [-0.4, -0.2) is 66.2 Å². The zero-order chi connectivity index (χ0) is 24.5. The molecule has 1 aromatic carbocycles. The van der Waals surface area contributed by atoms with E-state index < -0.39 is 6.23 Å². The van der Waals surface area contributed by atoms with Crippen molar-refractivity contribution >= 4 is 11.6 Å². The lowest BCUT2D eigenvalue weighted by Crippen LogP contribution is -2.52. The first kappa shape index (κ1) is 24.1. The topological polar surface area (TPSA) is 96.0 Å². The molecule has 1 saturated heterocycles.